The van der Waals surface area contributed by atoms with E-state index in [0.29, 0.717) is 19.5 Å². The highest BCUT2D eigenvalue weighted by Crippen LogP contribution is 2.32. The molecule has 4 heterocycles. The number of nitrogens with zero attached hydrogens (tertiary/aromatic N) is 4. The maximum atomic E-state index is 13.1. The molecule has 0 N–H and O–H groups in total. The van der Waals surface area contributed by atoms with Crippen molar-refractivity contribution in [1.29, 1.82) is 0 Å². The van der Waals surface area contributed by atoms with Crippen molar-refractivity contribution >= 4 is 17.3 Å². The van der Waals surface area contributed by atoms with E-state index in [9.17, 15) is 4.79 Å². The fraction of sp³-hybridized carbons (Fsp3) is 0.321. The summed E-state index contributed by atoms with van der Waals surface area (Å²) in [7, 11) is 0. The van der Waals surface area contributed by atoms with Crippen molar-refractivity contribution in [2.45, 2.75) is 45.8 Å². The van der Waals surface area contributed by atoms with E-state index in [1.807, 2.05) is 19.2 Å². The van der Waals surface area contributed by atoms with Crippen LogP contribution in [0.25, 0.3) is 0 Å². The van der Waals surface area contributed by atoms with E-state index in [4.69, 9.17) is 4.99 Å². The number of pyridine rings is 1. The summed E-state index contributed by atoms with van der Waals surface area (Å²) in [6.45, 7) is 7.41. The molecule has 5 nitrogen and oxygen atoms in total. The van der Waals surface area contributed by atoms with Gasteiger partial charge in [0.05, 0.1) is 24.7 Å². The van der Waals surface area contributed by atoms with Gasteiger partial charge in [-0.25, -0.2) is 0 Å². The Morgan fingerprint density at radius 1 is 1.00 bits per heavy atom. The zero-order valence-electron chi connectivity index (χ0n) is 19.2. The smallest absolute Gasteiger partial charge is 0.227 e. The number of fused-ring (bicyclic) bond motifs is 2. The van der Waals surface area contributed by atoms with Crippen molar-refractivity contribution in [3.63, 3.8) is 0 Å². The Labute approximate surface area is 194 Å². The maximum Gasteiger partial charge on any atom is 0.227 e. The summed E-state index contributed by atoms with van der Waals surface area (Å²) in [6, 6.07) is 17.6. The molecule has 6 rings (SSSR count). The lowest BCUT2D eigenvalue weighted by Gasteiger charge is -2.34. The number of carbonyl (C=O) groups excluding carboxylic acids is 1. The lowest BCUT2D eigenvalue weighted by atomic mass is 9.90. The number of hydrogen-bond acceptors (Lipinski definition) is 4. The van der Waals surface area contributed by atoms with E-state index < -0.39 is 0 Å². The first kappa shape index (κ1) is 20.2. The first-order chi connectivity index (χ1) is 16.0. The van der Waals surface area contributed by atoms with Crippen LogP contribution in [-0.4, -0.2) is 40.6 Å². The van der Waals surface area contributed by atoms with Crippen LogP contribution in [0.5, 0.6) is 0 Å². The Morgan fingerprint density at radius 3 is 2.76 bits per heavy atom. The van der Waals surface area contributed by atoms with Gasteiger partial charge in [0.15, 0.2) is 0 Å². The third-order valence-electron chi connectivity index (χ3n) is 7.23. The third kappa shape index (κ3) is 3.62. The molecule has 0 saturated carbocycles. The number of rotatable bonds is 3. The molecule has 0 spiro atoms. The molecule has 3 aliphatic heterocycles. The lowest BCUT2D eigenvalue weighted by molar-refractivity contribution is -0.134. The summed E-state index contributed by atoms with van der Waals surface area (Å²) in [5.41, 5.74) is 10.6. The van der Waals surface area contributed by atoms with Crippen LogP contribution in [0, 0.1) is 13.8 Å². The van der Waals surface area contributed by atoms with Crippen molar-refractivity contribution in [3.05, 3.63) is 93.8 Å². The van der Waals surface area contributed by atoms with E-state index in [2.05, 4.69) is 64.2 Å². The van der Waals surface area contributed by atoms with E-state index in [1.165, 1.54) is 33.5 Å². The first-order valence-corrected chi connectivity index (χ1v) is 11.8. The van der Waals surface area contributed by atoms with Crippen LogP contribution in [0.3, 0.4) is 0 Å². The van der Waals surface area contributed by atoms with E-state index in [1.54, 1.807) is 0 Å². The van der Waals surface area contributed by atoms with Gasteiger partial charge in [0, 0.05) is 48.3 Å². The number of benzene rings is 2. The minimum atomic E-state index is 0.252. The number of amides is 1. The molecule has 5 heteroatoms. The molecule has 0 radical (unpaired) electrons. The van der Waals surface area contributed by atoms with Crippen LogP contribution >= 0.6 is 0 Å². The average molecular weight is 437 g/mol. The van der Waals surface area contributed by atoms with Gasteiger partial charge in [-0.05, 0) is 72.9 Å². The summed E-state index contributed by atoms with van der Waals surface area (Å²) in [4.78, 5) is 26.8. The van der Waals surface area contributed by atoms with Crippen LogP contribution in [0.1, 0.15) is 45.5 Å². The van der Waals surface area contributed by atoms with Crippen molar-refractivity contribution in [2.24, 2.45) is 4.99 Å². The predicted molar refractivity (Wildman–Crippen MR) is 131 cm³/mol. The quantitative estimate of drug-likeness (QED) is 0.618. The zero-order chi connectivity index (χ0) is 22.5. The first-order valence-electron chi connectivity index (χ1n) is 11.8. The number of aliphatic imine (C=N–C) groups is 1. The van der Waals surface area contributed by atoms with Crippen LogP contribution in [-0.2, 0) is 24.3 Å². The highest BCUT2D eigenvalue weighted by molar-refractivity contribution is 6.15. The summed E-state index contributed by atoms with van der Waals surface area (Å²) >= 11 is 0. The van der Waals surface area contributed by atoms with Gasteiger partial charge in [-0.15, -0.1) is 0 Å². The Morgan fingerprint density at radius 2 is 1.91 bits per heavy atom. The average Bonchev–Trinajstić information content (AvgIpc) is 3.44. The van der Waals surface area contributed by atoms with Crippen LogP contribution in [0.15, 0.2) is 59.7 Å². The van der Waals surface area contributed by atoms with Crippen molar-refractivity contribution in [2.75, 3.05) is 18.0 Å². The second-order valence-electron chi connectivity index (χ2n) is 9.55. The highest BCUT2D eigenvalue weighted by Gasteiger charge is 2.34. The van der Waals surface area contributed by atoms with Gasteiger partial charge in [-0.2, -0.15) is 0 Å². The van der Waals surface area contributed by atoms with Crippen LogP contribution < -0.4 is 4.90 Å². The standard InChI is InChI=1S/C28H28N4O/c1-18-4-3-5-24(10-18)31-9-7-25(17-31)32-16-23-13-26-22(12-21(23)14-27(32)33)15-30-28(26)20-6-8-29-19(2)11-20/h3-6,8,10-13,25H,7,9,14-17H2,1-2H3/t25-/m1/s1. The topological polar surface area (TPSA) is 48.8 Å². The summed E-state index contributed by atoms with van der Waals surface area (Å²) < 4.78 is 0. The Balaban J connectivity index is 1.25. The number of hydrogen-bond donors (Lipinski definition) is 0. The molecule has 1 amide bonds. The molecule has 3 aromatic rings. The monoisotopic (exact) mass is 436 g/mol. The number of aryl methyl sites for hydroxylation is 2. The van der Waals surface area contributed by atoms with E-state index >= 15 is 0 Å². The fourth-order valence-electron chi connectivity index (χ4n) is 5.52. The second kappa shape index (κ2) is 7.84. The van der Waals surface area contributed by atoms with Crippen molar-refractivity contribution in [3.8, 4) is 0 Å². The molecule has 33 heavy (non-hydrogen) atoms. The Bertz CT molecular complexity index is 1290. The molecular weight excluding hydrogens is 408 g/mol. The van der Waals surface area contributed by atoms with E-state index in [0.717, 1.165) is 36.5 Å². The van der Waals surface area contributed by atoms with Gasteiger partial charge < -0.3 is 9.80 Å². The molecule has 1 fully saturated rings. The maximum absolute atomic E-state index is 13.1. The number of anilines is 1. The summed E-state index contributed by atoms with van der Waals surface area (Å²) in [6.07, 6.45) is 3.36. The Hall–Kier alpha value is -3.47. The molecule has 3 aliphatic rings. The fourth-order valence-corrected chi connectivity index (χ4v) is 5.52. The Kier molecular flexibility index (Phi) is 4.79. The summed E-state index contributed by atoms with van der Waals surface area (Å²) in [5, 5.41) is 0. The van der Waals surface area contributed by atoms with Gasteiger partial charge in [0.1, 0.15) is 0 Å². The number of aromatic nitrogens is 1. The van der Waals surface area contributed by atoms with Gasteiger partial charge in [0.25, 0.3) is 0 Å². The molecule has 1 atom stereocenters. The van der Waals surface area contributed by atoms with E-state index in [-0.39, 0.29) is 11.9 Å². The second-order valence-corrected chi connectivity index (χ2v) is 9.55. The molecule has 0 unspecified atom stereocenters. The minimum absolute atomic E-state index is 0.252. The van der Waals surface area contributed by atoms with Crippen molar-refractivity contribution < 1.29 is 4.79 Å². The van der Waals surface area contributed by atoms with Gasteiger partial charge >= 0.3 is 0 Å². The highest BCUT2D eigenvalue weighted by atomic mass is 16.2. The van der Waals surface area contributed by atoms with Gasteiger partial charge in [0.2, 0.25) is 5.91 Å². The van der Waals surface area contributed by atoms with Gasteiger partial charge in [-0.3, -0.25) is 14.8 Å². The van der Waals surface area contributed by atoms with Crippen LogP contribution in [0.2, 0.25) is 0 Å². The molecule has 1 saturated heterocycles. The SMILES string of the molecule is Cc1cccc(N2CC[C@@H](N3Cc4cc5c(cc4CC3=O)CN=C5c3ccnc(C)c3)C2)c1. The molecule has 0 bridgehead atoms. The molecule has 2 aromatic carbocycles. The predicted octanol–water partition coefficient (Wildman–Crippen LogP) is 4.21. The van der Waals surface area contributed by atoms with Gasteiger partial charge in [-0.1, -0.05) is 18.2 Å². The normalized spacial score (nSPS) is 19.5. The summed E-state index contributed by atoms with van der Waals surface area (Å²) in [5.74, 6) is 0.252. The third-order valence-corrected chi connectivity index (χ3v) is 7.23. The molecular formula is C28H28N4O. The minimum Gasteiger partial charge on any atom is -0.369 e. The molecule has 0 aliphatic carbocycles. The zero-order valence-corrected chi connectivity index (χ0v) is 19.2. The van der Waals surface area contributed by atoms with Crippen molar-refractivity contribution in [1.82, 2.24) is 9.88 Å². The largest absolute Gasteiger partial charge is 0.369 e. The molecule has 166 valence electrons. The lowest BCUT2D eigenvalue weighted by Crippen LogP contribution is -2.45. The molecule has 1 aromatic heterocycles. The van der Waals surface area contributed by atoms with Crippen LogP contribution in [0.4, 0.5) is 5.69 Å². The number of carbonyl (C=O) groups is 1.